The first-order chi connectivity index (χ1) is 11.2. The molecule has 118 valence electrons. The average molecular weight is 329 g/mol. The molecule has 0 amide bonds. The van der Waals surface area contributed by atoms with Crippen LogP contribution in [0.5, 0.6) is 0 Å². The van der Waals surface area contributed by atoms with E-state index in [0.717, 1.165) is 54.2 Å². The Hall–Kier alpha value is -2.11. The highest BCUT2D eigenvalue weighted by Crippen LogP contribution is 2.30. The van der Waals surface area contributed by atoms with Crippen LogP contribution in [0.15, 0.2) is 36.5 Å². The number of benzene rings is 1. The minimum absolute atomic E-state index is 0.201. The number of aliphatic hydroxyl groups is 1. The van der Waals surface area contributed by atoms with Gasteiger partial charge in [0.15, 0.2) is 0 Å². The van der Waals surface area contributed by atoms with Crippen LogP contribution in [0.25, 0.3) is 22.4 Å². The second kappa shape index (κ2) is 5.83. The van der Waals surface area contributed by atoms with Gasteiger partial charge in [-0.1, -0.05) is 23.7 Å². The standard InChI is InChI=1S/C17H17ClN4O/c18-13-10-19-16(22-7-5-11(23)6-8-22)9-12(13)17-20-14-3-1-2-4-15(14)21-17/h1-4,9-11,23H,5-8H2,(H,20,21). The first kappa shape index (κ1) is 14.5. The van der Waals surface area contributed by atoms with E-state index in [2.05, 4.69) is 19.9 Å². The van der Waals surface area contributed by atoms with Crippen LogP contribution in [-0.4, -0.2) is 39.3 Å². The maximum absolute atomic E-state index is 9.65. The van der Waals surface area contributed by atoms with Gasteiger partial charge in [0.05, 0.1) is 22.2 Å². The Bertz CT molecular complexity index is 806. The molecule has 0 unspecified atom stereocenters. The molecule has 1 aliphatic rings. The van der Waals surface area contributed by atoms with Crippen molar-refractivity contribution in [3.05, 3.63) is 41.6 Å². The van der Waals surface area contributed by atoms with Gasteiger partial charge in [0.2, 0.25) is 0 Å². The average Bonchev–Trinajstić information content (AvgIpc) is 3.00. The first-order valence-electron chi connectivity index (χ1n) is 7.74. The maximum atomic E-state index is 9.65. The molecule has 0 aliphatic carbocycles. The number of nitrogens with zero attached hydrogens (tertiary/aromatic N) is 3. The van der Waals surface area contributed by atoms with E-state index in [1.165, 1.54) is 0 Å². The zero-order chi connectivity index (χ0) is 15.8. The van der Waals surface area contributed by atoms with Gasteiger partial charge in [-0.15, -0.1) is 0 Å². The molecule has 3 heterocycles. The van der Waals surface area contributed by atoms with E-state index in [1.54, 1.807) is 6.20 Å². The molecule has 4 rings (SSSR count). The Kier molecular flexibility index (Phi) is 3.67. The van der Waals surface area contributed by atoms with Crippen molar-refractivity contribution in [2.45, 2.75) is 18.9 Å². The maximum Gasteiger partial charge on any atom is 0.140 e. The van der Waals surface area contributed by atoms with Crippen LogP contribution in [0.1, 0.15) is 12.8 Å². The van der Waals surface area contributed by atoms with Crippen LogP contribution in [-0.2, 0) is 0 Å². The molecule has 1 saturated heterocycles. The summed E-state index contributed by atoms with van der Waals surface area (Å²) >= 11 is 6.34. The van der Waals surface area contributed by atoms with Gasteiger partial charge in [0.25, 0.3) is 0 Å². The minimum Gasteiger partial charge on any atom is -0.393 e. The summed E-state index contributed by atoms with van der Waals surface area (Å²) < 4.78 is 0. The van der Waals surface area contributed by atoms with Gasteiger partial charge in [0.1, 0.15) is 11.6 Å². The summed E-state index contributed by atoms with van der Waals surface area (Å²) in [6, 6.07) is 9.87. The van der Waals surface area contributed by atoms with Crippen molar-refractivity contribution in [3.63, 3.8) is 0 Å². The molecule has 2 aromatic heterocycles. The fraction of sp³-hybridized carbons (Fsp3) is 0.294. The molecular weight excluding hydrogens is 312 g/mol. The third kappa shape index (κ3) is 2.78. The fourth-order valence-electron chi connectivity index (χ4n) is 2.96. The van der Waals surface area contributed by atoms with Gasteiger partial charge in [-0.05, 0) is 31.0 Å². The second-order valence-corrected chi connectivity index (χ2v) is 6.25. The number of H-pyrrole nitrogens is 1. The van der Waals surface area contributed by atoms with E-state index in [1.807, 2.05) is 30.3 Å². The van der Waals surface area contributed by atoms with E-state index in [4.69, 9.17) is 11.6 Å². The molecule has 0 radical (unpaired) electrons. The second-order valence-electron chi connectivity index (χ2n) is 5.84. The molecule has 0 bridgehead atoms. The van der Waals surface area contributed by atoms with Crippen LogP contribution in [0.3, 0.4) is 0 Å². The number of aliphatic hydroxyl groups excluding tert-OH is 1. The molecule has 0 saturated carbocycles. The topological polar surface area (TPSA) is 65.0 Å². The number of fused-ring (bicyclic) bond motifs is 1. The molecule has 1 aliphatic heterocycles. The number of aromatic amines is 1. The van der Waals surface area contributed by atoms with Crippen molar-refractivity contribution in [1.82, 2.24) is 15.0 Å². The summed E-state index contributed by atoms with van der Waals surface area (Å²) in [6.45, 7) is 1.60. The van der Waals surface area contributed by atoms with E-state index >= 15 is 0 Å². The van der Waals surface area contributed by atoms with Crippen LogP contribution in [0.2, 0.25) is 5.02 Å². The van der Waals surface area contributed by atoms with Crippen molar-refractivity contribution in [2.75, 3.05) is 18.0 Å². The van der Waals surface area contributed by atoms with Gasteiger partial charge in [-0.25, -0.2) is 9.97 Å². The Balaban J connectivity index is 1.71. The van der Waals surface area contributed by atoms with Crippen molar-refractivity contribution >= 4 is 28.5 Å². The van der Waals surface area contributed by atoms with E-state index < -0.39 is 0 Å². The monoisotopic (exact) mass is 328 g/mol. The molecule has 0 atom stereocenters. The van der Waals surface area contributed by atoms with Gasteiger partial charge in [-0.3, -0.25) is 0 Å². The largest absolute Gasteiger partial charge is 0.393 e. The zero-order valence-electron chi connectivity index (χ0n) is 12.5. The summed E-state index contributed by atoms with van der Waals surface area (Å²) in [5.41, 5.74) is 2.75. The van der Waals surface area contributed by atoms with Crippen molar-refractivity contribution in [2.24, 2.45) is 0 Å². The molecule has 5 nitrogen and oxygen atoms in total. The predicted molar refractivity (Wildman–Crippen MR) is 91.8 cm³/mol. The zero-order valence-corrected chi connectivity index (χ0v) is 13.3. The van der Waals surface area contributed by atoms with E-state index in [-0.39, 0.29) is 6.10 Å². The normalized spacial score (nSPS) is 16.2. The minimum atomic E-state index is -0.201. The van der Waals surface area contributed by atoms with Crippen LogP contribution in [0.4, 0.5) is 5.82 Å². The van der Waals surface area contributed by atoms with Crippen molar-refractivity contribution in [3.8, 4) is 11.4 Å². The fourth-order valence-corrected chi connectivity index (χ4v) is 3.15. The van der Waals surface area contributed by atoms with Gasteiger partial charge in [-0.2, -0.15) is 0 Å². The Morgan fingerprint density at radius 2 is 2.00 bits per heavy atom. The van der Waals surface area contributed by atoms with Gasteiger partial charge >= 0.3 is 0 Å². The van der Waals surface area contributed by atoms with Crippen LogP contribution < -0.4 is 4.90 Å². The number of nitrogens with one attached hydrogen (secondary N) is 1. The van der Waals surface area contributed by atoms with E-state index in [9.17, 15) is 5.11 Å². The highest BCUT2D eigenvalue weighted by Gasteiger charge is 2.19. The molecule has 6 heteroatoms. The lowest BCUT2D eigenvalue weighted by Crippen LogP contribution is -2.36. The quantitative estimate of drug-likeness (QED) is 0.758. The lowest BCUT2D eigenvalue weighted by Gasteiger charge is -2.30. The van der Waals surface area contributed by atoms with Crippen molar-refractivity contribution in [1.29, 1.82) is 0 Å². The third-order valence-corrected chi connectivity index (χ3v) is 4.58. The number of imidazole rings is 1. The lowest BCUT2D eigenvalue weighted by molar-refractivity contribution is 0.145. The third-order valence-electron chi connectivity index (χ3n) is 4.27. The number of anilines is 1. The molecule has 1 fully saturated rings. The Morgan fingerprint density at radius 1 is 1.22 bits per heavy atom. The smallest absolute Gasteiger partial charge is 0.140 e. The van der Waals surface area contributed by atoms with Crippen LogP contribution >= 0.6 is 11.6 Å². The molecule has 3 aromatic rings. The summed E-state index contributed by atoms with van der Waals surface area (Å²) in [6.07, 6.45) is 3.01. The summed E-state index contributed by atoms with van der Waals surface area (Å²) in [4.78, 5) is 14.5. The molecule has 23 heavy (non-hydrogen) atoms. The number of halogens is 1. The van der Waals surface area contributed by atoms with Crippen molar-refractivity contribution < 1.29 is 5.11 Å². The number of rotatable bonds is 2. The summed E-state index contributed by atoms with van der Waals surface area (Å²) in [7, 11) is 0. The highest BCUT2D eigenvalue weighted by molar-refractivity contribution is 6.33. The molecule has 2 N–H and O–H groups in total. The number of hydrogen-bond acceptors (Lipinski definition) is 4. The van der Waals surface area contributed by atoms with Crippen LogP contribution in [0, 0.1) is 0 Å². The number of hydrogen-bond donors (Lipinski definition) is 2. The number of aromatic nitrogens is 3. The van der Waals surface area contributed by atoms with E-state index in [0.29, 0.717) is 5.02 Å². The Morgan fingerprint density at radius 3 is 2.78 bits per heavy atom. The van der Waals surface area contributed by atoms with Gasteiger partial charge in [0, 0.05) is 24.8 Å². The summed E-state index contributed by atoms with van der Waals surface area (Å²) in [5, 5.41) is 10.2. The Labute approximate surface area is 138 Å². The summed E-state index contributed by atoms with van der Waals surface area (Å²) in [5.74, 6) is 1.62. The van der Waals surface area contributed by atoms with Gasteiger partial charge < -0.3 is 15.0 Å². The molecular formula is C17H17ClN4O. The predicted octanol–water partition coefficient (Wildman–Crippen LogP) is 3.24. The first-order valence-corrected chi connectivity index (χ1v) is 8.12. The highest BCUT2D eigenvalue weighted by atomic mass is 35.5. The number of para-hydroxylation sites is 2. The molecule has 1 aromatic carbocycles. The SMILES string of the molecule is OC1CCN(c2cc(-c3nc4ccccc4[nH]3)c(Cl)cn2)CC1. The lowest BCUT2D eigenvalue weighted by atomic mass is 10.1. The number of pyridine rings is 1. The molecule has 0 spiro atoms. The number of piperidine rings is 1.